The molecule has 0 radical (unpaired) electrons. The van der Waals surface area contributed by atoms with Gasteiger partial charge in [-0.05, 0) is 57.0 Å². The monoisotopic (exact) mass is 449 g/mol. The van der Waals surface area contributed by atoms with Crippen molar-refractivity contribution >= 4 is 17.2 Å². The summed E-state index contributed by atoms with van der Waals surface area (Å²) in [7, 11) is 0. The average Bonchev–Trinajstić information content (AvgIpc) is 3.27. The molecule has 4 N–H and O–H groups in total. The zero-order valence-electron chi connectivity index (χ0n) is 19.3. The number of thiazole rings is 1. The Morgan fingerprint density at radius 3 is 3.03 bits per heavy atom. The Morgan fingerprint density at radius 2 is 2.22 bits per heavy atom. The highest BCUT2D eigenvalue weighted by molar-refractivity contribution is 7.15. The average molecular weight is 450 g/mol. The number of nitrogens with one attached hydrogen (secondary N) is 1. The van der Waals surface area contributed by atoms with Crippen LogP contribution in [0.1, 0.15) is 48.7 Å². The molecule has 6 nitrogen and oxygen atoms in total. The number of nitrogen functional groups attached to an aromatic ring is 1. The first-order chi connectivity index (χ1) is 15.8. The highest BCUT2D eigenvalue weighted by Crippen LogP contribution is 2.34. The molecule has 1 aliphatic rings. The van der Waals surface area contributed by atoms with Crippen molar-refractivity contribution in [2.75, 3.05) is 18.8 Å². The van der Waals surface area contributed by atoms with Gasteiger partial charge in [-0.15, -0.1) is 11.3 Å². The molecule has 1 saturated heterocycles. The van der Waals surface area contributed by atoms with Crippen LogP contribution in [0.5, 0.6) is 5.75 Å². The van der Waals surface area contributed by atoms with Crippen LogP contribution in [-0.4, -0.2) is 33.8 Å². The molecule has 1 aliphatic heterocycles. The minimum atomic E-state index is -1.04. The summed E-state index contributed by atoms with van der Waals surface area (Å²) in [4.78, 5) is 9.95. The highest BCUT2D eigenvalue weighted by atomic mass is 32.1. The summed E-state index contributed by atoms with van der Waals surface area (Å²) in [5, 5.41) is 12.5. The van der Waals surface area contributed by atoms with Crippen LogP contribution in [0.25, 0.3) is 10.4 Å². The van der Waals surface area contributed by atoms with E-state index in [9.17, 15) is 5.11 Å². The summed E-state index contributed by atoms with van der Waals surface area (Å²) in [5.41, 5.74) is 7.69. The van der Waals surface area contributed by atoms with Crippen LogP contribution < -0.4 is 15.8 Å². The number of hydrogen-bond donors (Lipinski definition) is 3. The van der Waals surface area contributed by atoms with Gasteiger partial charge >= 0.3 is 0 Å². The Kier molecular flexibility index (Phi) is 6.35. The molecule has 1 atom stereocenters. The molecule has 3 aromatic rings. The number of nitrogens with zero attached hydrogens (tertiary/aromatic N) is 2. The highest BCUT2D eigenvalue weighted by Gasteiger charge is 2.19. The van der Waals surface area contributed by atoms with Gasteiger partial charge in [0, 0.05) is 36.0 Å². The topological polar surface area (TPSA) is 93.3 Å². The van der Waals surface area contributed by atoms with Gasteiger partial charge in [0.25, 0.3) is 0 Å². The lowest BCUT2D eigenvalue weighted by atomic mass is 10.0. The summed E-state index contributed by atoms with van der Waals surface area (Å²) in [6.07, 6.45) is 5.69. The van der Waals surface area contributed by atoms with E-state index >= 15 is 0 Å². The Labute approximate surface area is 194 Å². The normalized spacial score (nSPS) is 17.3. The first-order valence-electron chi connectivity index (χ1n) is 11.1. The number of benzene rings is 1. The van der Waals surface area contributed by atoms with Crippen molar-refractivity contribution in [3.05, 3.63) is 58.9 Å². The summed E-state index contributed by atoms with van der Waals surface area (Å²) in [6, 6.07) is 9.59. The molecule has 7 heteroatoms. The number of hydrogen-bond acceptors (Lipinski definition) is 7. The number of aromatic nitrogens is 2. The van der Waals surface area contributed by atoms with Crippen LogP contribution in [0.15, 0.2) is 42.7 Å². The van der Waals surface area contributed by atoms with E-state index in [-0.39, 0.29) is 0 Å². The molecule has 4 rings (SSSR count). The molecule has 0 bridgehead atoms. The maximum Gasteiger partial charge on any atom is 0.166 e. The molecule has 3 heterocycles. The number of nitrogens with two attached hydrogens (primary N) is 1. The first kappa shape index (κ1) is 21.0. The number of aliphatic hydroxyl groups is 1. The van der Waals surface area contributed by atoms with Crippen LogP contribution >= 0.6 is 11.3 Å². The second-order valence-electron chi connectivity index (χ2n) is 8.44. The molecule has 166 valence electrons. The molecule has 32 heavy (non-hydrogen) atoms. The van der Waals surface area contributed by atoms with Crippen molar-refractivity contribution in [2.45, 2.75) is 44.8 Å². The van der Waals surface area contributed by atoms with Gasteiger partial charge in [-0.3, -0.25) is 0 Å². The zero-order valence-corrected chi connectivity index (χ0v) is 19.2. The number of ether oxygens (including phenoxy) is 1. The number of piperidine rings is 1. The fraction of sp³-hybridized carbons (Fsp3) is 0.360. The minimum absolute atomic E-state index is 0.305. The van der Waals surface area contributed by atoms with Crippen LogP contribution in [0.3, 0.4) is 0 Å². The number of pyridine rings is 1. The SMILES string of the molecule is [2H]N1CCCC(c2ncc(-c3cnc(N)c(OCc4cccc(C#CC(C)(C)O)c4)c3)s2)C1. The van der Waals surface area contributed by atoms with Crippen molar-refractivity contribution in [3.8, 4) is 28.0 Å². The van der Waals surface area contributed by atoms with E-state index in [4.69, 9.17) is 11.9 Å². The van der Waals surface area contributed by atoms with Gasteiger partial charge in [-0.25, -0.2) is 9.97 Å². The second-order valence-corrected chi connectivity index (χ2v) is 9.50. The smallest absolute Gasteiger partial charge is 0.166 e. The largest absolute Gasteiger partial charge is 0.485 e. The zero-order chi connectivity index (χ0) is 23.4. The number of rotatable bonds is 5. The van der Waals surface area contributed by atoms with E-state index in [2.05, 4.69) is 21.8 Å². The summed E-state index contributed by atoms with van der Waals surface area (Å²) in [5.74, 6) is 6.96. The molecule has 1 fully saturated rings. The number of anilines is 1. The second kappa shape index (κ2) is 9.70. The van der Waals surface area contributed by atoms with E-state index in [1.54, 1.807) is 36.7 Å². The molecule has 0 spiro atoms. The van der Waals surface area contributed by atoms with Gasteiger partial charge in [-0.1, -0.05) is 24.0 Å². The summed E-state index contributed by atoms with van der Waals surface area (Å²) >= 11 is 1.64. The van der Waals surface area contributed by atoms with Crippen molar-refractivity contribution < 1.29 is 11.3 Å². The molecule has 0 saturated carbocycles. The van der Waals surface area contributed by atoms with Crippen LogP contribution in [-0.2, 0) is 6.61 Å². The maximum absolute atomic E-state index is 9.80. The molecular formula is C25H28N4O2S. The quantitative estimate of drug-likeness (QED) is 0.511. The van der Waals surface area contributed by atoms with Crippen molar-refractivity contribution in [3.63, 3.8) is 0 Å². The van der Waals surface area contributed by atoms with Gasteiger partial charge < -0.3 is 20.9 Å². The lowest BCUT2D eigenvalue weighted by molar-refractivity contribution is 0.143. The van der Waals surface area contributed by atoms with E-state index in [1.807, 2.05) is 36.5 Å². The predicted molar refractivity (Wildman–Crippen MR) is 129 cm³/mol. The Balaban J connectivity index is 1.47. The molecule has 0 amide bonds. The molecular weight excluding hydrogens is 420 g/mol. The summed E-state index contributed by atoms with van der Waals surface area (Å²) in [6.45, 7) is 5.18. The summed E-state index contributed by atoms with van der Waals surface area (Å²) < 4.78 is 13.9. The van der Waals surface area contributed by atoms with Crippen LogP contribution in [0.4, 0.5) is 5.82 Å². The molecule has 0 aliphatic carbocycles. The third-order valence-electron chi connectivity index (χ3n) is 5.09. The first-order valence-corrected chi connectivity index (χ1v) is 11.5. The maximum atomic E-state index is 9.80. The Bertz CT molecular complexity index is 1180. The fourth-order valence-electron chi connectivity index (χ4n) is 3.43. The van der Waals surface area contributed by atoms with Crippen LogP contribution in [0, 0.1) is 11.8 Å². The van der Waals surface area contributed by atoms with Gasteiger partial charge in [-0.2, -0.15) is 0 Å². The third kappa shape index (κ3) is 5.86. The van der Waals surface area contributed by atoms with E-state index < -0.39 is 5.60 Å². The van der Waals surface area contributed by atoms with Crippen molar-refractivity contribution in [2.24, 2.45) is 0 Å². The Morgan fingerprint density at radius 1 is 1.34 bits per heavy atom. The van der Waals surface area contributed by atoms with Crippen LogP contribution in [0.2, 0.25) is 1.41 Å². The van der Waals surface area contributed by atoms with Gasteiger partial charge in [0.15, 0.2) is 11.6 Å². The van der Waals surface area contributed by atoms with E-state index in [0.29, 0.717) is 24.1 Å². The molecule has 1 aromatic carbocycles. The van der Waals surface area contributed by atoms with E-state index in [1.165, 1.54) is 0 Å². The van der Waals surface area contributed by atoms with Crippen molar-refractivity contribution in [1.29, 1.82) is 0 Å². The molecule has 1 unspecified atom stereocenters. The van der Waals surface area contributed by atoms with Gasteiger partial charge in [0.2, 0.25) is 0 Å². The molecule has 2 aromatic heterocycles. The van der Waals surface area contributed by atoms with E-state index in [0.717, 1.165) is 52.5 Å². The minimum Gasteiger partial charge on any atom is -0.485 e. The third-order valence-corrected chi connectivity index (χ3v) is 6.30. The van der Waals surface area contributed by atoms with Gasteiger partial charge in [0.1, 0.15) is 13.6 Å². The lowest BCUT2D eigenvalue weighted by Crippen LogP contribution is -2.28. The fourth-order valence-corrected chi connectivity index (χ4v) is 4.45. The lowest BCUT2D eigenvalue weighted by Gasteiger charge is -2.20. The Hall–Kier alpha value is -2.92. The van der Waals surface area contributed by atoms with Gasteiger partial charge in [0.05, 0.1) is 9.88 Å². The van der Waals surface area contributed by atoms with Crippen molar-refractivity contribution in [1.82, 2.24) is 15.3 Å². The standard InChI is InChI=1S/C25H28N4O2S/c1-25(2,30)9-8-17-5-3-6-18(11-17)16-31-21-12-20(14-28-23(21)26)22-15-29-24(32-22)19-7-4-10-27-13-19/h3,5-6,11-12,14-15,19,27,30H,4,7,10,13,16H2,1-2H3,(H2,26,28)/i/hD. The predicted octanol–water partition coefficient (Wildman–Crippen LogP) is 3.96.